The summed E-state index contributed by atoms with van der Waals surface area (Å²) in [5.41, 5.74) is 0.878. The first-order valence-electron chi connectivity index (χ1n) is 30.0. The van der Waals surface area contributed by atoms with E-state index in [0.29, 0.717) is 19.3 Å². The lowest BCUT2D eigenvalue weighted by molar-refractivity contribution is -0.397. The number of ketones is 1. The standard InChI is InChI=1S/C57H92O27/c1-7-26(62)28-16-23(2)57(84-28)15-14-55(5)25-8-9-33-53(3,24(25)10-13-56(55,57)6)12-11-34(54(33,4)22-61)80-48-43(72)41(70)38(67)32(79-48)21-75-51-46(35(64)27(63)20-74-51)82-52-47(83-49-42(71)37(66)30(18-59)77-49)45(39(68)31(19-60)78-52)81-50-44(73)40(69)36(65)29(17-58)76-50/h23,27-52,58-61,63-73H,7-22H2,1-6H3/t23-,27+,28+,29-,30+,31-,32-,33-,34+,35+,36-,37-,38-,39-,40+,41+,42+,43-,44-,45+,46-,47-,48+,49+,50+,51+,52+,53-,54+,55+,56+,57+/m1/s1. The minimum atomic E-state index is -2.05. The quantitative estimate of drug-likeness (QED) is 0.0617. The fraction of sp³-hybridized carbons (Fsp3) is 0.947. The van der Waals surface area contributed by atoms with E-state index in [2.05, 4.69) is 27.7 Å². The number of rotatable bonds is 17. The van der Waals surface area contributed by atoms with Gasteiger partial charge in [0.25, 0.3) is 0 Å². The maximum absolute atomic E-state index is 13.0. The summed E-state index contributed by atoms with van der Waals surface area (Å²) in [6, 6.07) is 0. The van der Waals surface area contributed by atoms with Crippen molar-refractivity contribution in [1.82, 2.24) is 0 Å². The Morgan fingerprint density at radius 1 is 0.560 bits per heavy atom. The Bertz CT molecular complexity index is 2320. The predicted molar refractivity (Wildman–Crippen MR) is 281 cm³/mol. The molecule has 0 aromatic rings. The van der Waals surface area contributed by atoms with Gasteiger partial charge in [0.15, 0.2) is 37.2 Å². The lowest BCUT2D eigenvalue weighted by Crippen LogP contribution is -2.67. The zero-order valence-corrected chi connectivity index (χ0v) is 48.5. The summed E-state index contributed by atoms with van der Waals surface area (Å²) < 4.78 is 67.0. The van der Waals surface area contributed by atoms with Gasteiger partial charge in [-0.3, -0.25) is 4.79 Å². The number of fused-ring (bicyclic) bond motifs is 5. The number of ether oxygens (including phenoxy) is 11. The third kappa shape index (κ3) is 10.6. The van der Waals surface area contributed by atoms with Crippen LogP contribution in [0.25, 0.3) is 0 Å². The van der Waals surface area contributed by atoms with Crippen LogP contribution in [0.2, 0.25) is 0 Å². The summed E-state index contributed by atoms with van der Waals surface area (Å²) in [6.07, 6.45) is -35.0. The van der Waals surface area contributed by atoms with Crippen molar-refractivity contribution in [2.45, 2.75) is 265 Å². The average molecular weight is 1210 g/mol. The molecule has 84 heavy (non-hydrogen) atoms. The second-order valence-corrected chi connectivity index (χ2v) is 26.4. The van der Waals surface area contributed by atoms with Crippen LogP contribution in [-0.2, 0) is 56.9 Å². The van der Waals surface area contributed by atoms with Gasteiger partial charge in [-0.15, -0.1) is 0 Å². The number of carbonyl (C=O) groups is 1. The highest BCUT2D eigenvalue weighted by molar-refractivity contribution is 5.83. The predicted octanol–water partition coefficient (Wildman–Crippen LogP) is -4.01. The van der Waals surface area contributed by atoms with Gasteiger partial charge >= 0.3 is 0 Å². The van der Waals surface area contributed by atoms with Crippen molar-refractivity contribution in [3.8, 4) is 0 Å². The Balaban J connectivity index is 0.854. The molecule has 27 heteroatoms. The number of hydrogen-bond acceptors (Lipinski definition) is 27. The molecule has 8 fully saturated rings. The molecule has 10 rings (SSSR count). The molecule has 32 atom stereocenters. The summed E-state index contributed by atoms with van der Waals surface area (Å²) in [4.78, 5) is 13.0. The molecule has 0 amide bonds. The van der Waals surface area contributed by atoms with Crippen molar-refractivity contribution in [1.29, 1.82) is 0 Å². The second kappa shape index (κ2) is 24.9. The van der Waals surface area contributed by atoms with Gasteiger partial charge in [0.1, 0.15) is 116 Å². The van der Waals surface area contributed by atoms with Crippen LogP contribution in [-0.4, -0.2) is 281 Å². The van der Waals surface area contributed by atoms with Crippen molar-refractivity contribution in [2.75, 3.05) is 39.6 Å². The molecule has 6 heterocycles. The summed E-state index contributed by atoms with van der Waals surface area (Å²) in [5.74, 6) is 0.294. The maximum Gasteiger partial charge on any atom is 0.187 e. The number of aliphatic hydroxyl groups is 15. The van der Waals surface area contributed by atoms with Crippen LogP contribution >= 0.6 is 0 Å². The van der Waals surface area contributed by atoms with Gasteiger partial charge in [-0.05, 0) is 80.5 Å². The molecule has 0 aromatic carbocycles. The van der Waals surface area contributed by atoms with Gasteiger partial charge in [0.05, 0.1) is 51.3 Å². The highest BCUT2D eigenvalue weighted by Gasteiger charge is 2.72. The Morgan fingerprint density at radius 2 is 1.11 bits per heavy atom. The monoisotopic (exact) mass is 1210 g/mol. The van der Waals surface area contributed by atoms with Crippen molar-refractivity contribution < 1.29 is 133 Å². The lowest BCUT2D eigenvalue weighted by Gasteiger charge is -2.63. The molecule has 2 saturated carbocycles. The first-order valence-corrected chi connectivity index (χ1v) is 30.0. The molecule has 15 N–H and O–H groups in total. The summed E-state index contributed by atoms with van der Waals surface area (Å²) >= 11 is 0. The first kappa shape index (κ1) is 65.3. The van der Waals surface area contributed by atoms with E-state index in [-0.39, 0.29) is 40.5 Å². The van der Waals surface area contributed by atoms with Gasteiger partial charge in [0, 0.05) is 17.3 Å². The smallest absolute Gasteiger partial charge is 0.187 e. The van der Waals surface area contributed by atoms with Crippen LogP contribution in [0.1, 0.15) is 106 Å². The molecule has 0 bridgehead atoms. The maximum atomic E-state index is 13.0. The molecular weight excluding hydrogens is 1120 g/mol. The van der Waals surface area contributed by atoms with Crippen LogP contribution in [0.3, 0.4) is 0 Å². The van der Waals surface area contributed by atoms with Crippen LogP contribution < -0.4 is 0 Å². The molecule has 0 unspecified atom stereocenters. The van der Waals surface area contributed by atoms with Gasteiger partial charge in [-0.2, -0.15) is 0 Å². The van der Waals surface area contributed by atoms with Crippen LogP contribution in [0, 0.1) is 33.5 Å². The summed E-state index contributed by atoms with van der Waals surface area (Å²) in [5, 5.41) is 164. The molecule has 482 valence electrons. The van der Waals surface area contributed by atoms with E-state index in [1.165, 1.54) is 11.1 Å². The van der Waals surface area contributed by atoms with Crippen LogP contribution in [0.5, 0.6) is 0 Å². The molecule has 4 aliphatic carbocycles. The molecule has 27 nitrogen and oxygen atoms in total. The third-order valence-electron chi connectivity index (χ3n) is 22.3. The molecule has 0 radical (unpaired) electrons. The second-order valence-electron chi connectivity index (χ2n) is 26.4. The van der Waals surface area contributed by atoms with Crippen LogP contribution in [0.4, 0.5) is 0 Å². The van der Waals surface area contributed by atoms with Crippen molar-refractivity contribution in [3.63, 3.8) is 0 Å². The highest BCUT2D eigenvalue weighted by atomic mass is 16.8. The molecule has 1 spiro atoms. The van der Waals surface area contributed by atoms with E-state index in [4.69, 9.17) is 52.1 Å². The number of aliphatic hydroxyl groups excluding tert-OH is 15. The molecular formula is C57H92O27. The largest absolute Gasteiger partial charge is 0.396 e. The summed E-state index contributed by atoms with van der Waals surface area (Å²) in [6.45, 7) is 9.04. The SMILES string of the molecule is CCC(=O)[C@@H]1C[C@@H](C)[C@]2(CC[C@@]3(C)C4=C(CC[C@@]32C)[C@@]2(C)CC[C@H](O[C@@H]3O[C@H](CO[C@@H]5OC[C@H](O)[C@H](O)[C@H]5O[C@@H]5O[C@H](CO)[C@@H](O)[C@H](O[C@@H]6O[C@H](CO)[C@@H](O)[C@H](O)[C@H]6O)[C@H]5O[C@@H]5O[C@@H](CO)[C@@H](O)[C@@H]5O)[C@@H](O)[C@H](O)[C@H]3O)[C@@](C)(CO)[C@@H]2CC4)O1. The summed E-state index contributed by atoms with van der Waals surface area (Å²) in [7, 11) is 0. The number of carbonyl (C=O) groups excluding carboxylic acids is 1. The van der Waals surface area contributed by atoms with Gasteiger partial charge in [0.2, 0.25) is 0 Å². The highest BCUT2D eigenvalue weighted by Crippen LogP contribution is 2.75. The average Bonchev–Trinajstić information content (AvgIpc) is 1.46. The fourth-order valence-electron chi connectivity index (χ4n) is 16.9. The van der Waals surface area contributed by atoms with Crippen LogP contribution in [0.15, 0.2) is 11.1 Å². The van der Waals surface area contributed by atoms with Gasteiger partial charge in [-0.25, -0.2) is 0 Å². The Hall–Kier alpha value is -1.63. The minimum Gasteiger partial charge on any atom is -0.396 e. The fourth-order valence-corrected chi connectivity index (χ4v) is 16.9. The van der Waals surface area contributed by atoms with E-state index in [1.54, 1.807) is 0 Å². The van der Waals surface area contributed by atoms with Gasteiger partial charge < -0.3 is 129 Å². The zero-order chi connectivity index (χ0) is 60.9. The zero-order valence-electron chi connectivity index (χ0n) is 48.5. The Kier molecular flexibility index (Phi) is 19.3. The van der Waals surface area contributed by atoms with E-state index in [0.717, 1.165) is 44.9 Å². The van der Waals surface area contributed by atoms with Crippen molar-refractivity contribution in [3.05, 3.63) is 11.1 Å². The molecule has 10 aliphatic rings. The molecule has 6 saturated heterocycles. The Morgan fingerprint density at radius 3 is 1.73 bits per heavy atom. The van der Waals surface area contributed by atoms with Gasteiger partial charge in [-0.1, -0.05) is 52.7 Å². The van der Waals surface area contributed by atoms with E-state index < -0.39 is 198 Å². The number of allylic oxidation sites excluding steroid dienone is 2. The molecule has 0 aromatic heterocycles. The van der Waals surface area contributed by atoms with Crippen molar-refractivity contribution in [2.24, 2.45) is 33.5 Å². The molecule has 6 aliphatic heterocycles. The first-order chi connectivity index (χ1) is 39.7. The van der Waals surface area contributed by atoms with E-state index in [9.17, 15) is 81.4 Å². The Labute approximate surface area is 487 Å². The van der Waals surface area contributed by atoms with E-state index in [1.807, 2.05) is 13.8 Å². The number of hydrogen-bond donors (Lipinski definition) is 15. The topological polar surface area (TPSA) is 422 Å². The lowest BCUT2D eigenvalue weighted by atomic mass is 9.42. The van der Waals surface area contributed by atoms with Crippen molar-refractivity contribution >= 4 is 5.78 Å². The van der Waals surface area contributed by atoms with E-state index >= 15 is 0 Å². The minimum absolute atomic E-state index is 0.0787. The normalized spacial score (nSPS) is 54.1. The number of Topliss-reactive ketones (excluding diaryl/α,β-unsaturated/α-hetero) is 1. The third-order valence-corrected chi connectivity index (χ3v) is 22.3.